The van der Waals surface area contributed by atoms with Crippen molar-refractivity contribution in [1.29, 1.82) is 0 Å². The van der Waals surface area contributed by atoms with Crippen LogP contribution in [0.15, 0.2) is 35.1 Å². The van der Waals surface area contributed by atoms with Crippen LogP contribution < -0.4 is 0 Å². The van der Waals surface area contributed by atoms with Crippen LogP contribution in [-0.2, 0) is 28.5 Å². The van der Waals surface area contributed by atoms with Gasteiger partial charge < -0.3 is 44.5 Å². The molecule has 9 atom stereocenters. The normalized spacial score (nSPS) is 38.4. The highest BCUT2D eigenvalue weighted by Gasteiger charge is 2.57. The van der Waals surface area contributed by atoms with Gasteiger partial charge in [-0.3, -0.25) is 4.79 Å². The molecule has 0 bridgehead atoms. The zero-order valence-corrected chi connectivity index (χ0v) is 21.4. The van der Waals surface area contributed by atoms with Crippen molar-refractivity contribution in [2.45, 2.75) is 89.1 Å². The molecule has 37 heavy (non-hydrogen) atoms. The van der Waals surface area contributed by atoms with Crippen LogP contribution in [0.5, 0.6) is 0 Å². The van der Waals surface area contributed by atoms with Crippen molar-refractivity contribution in [2.75, 3.05) is 13.2 Å². The maximum atomic E-state index is 12.8. The van der Waals surface area contributed by atoms with E-state index in [2.05, 4.69) is 0 Å². The zero-order chi connectivity index (χ0) is 27.3. The molecule has 0 aromatic carbocycles. The van der Waals surface area contributed by atoms with Crippen molar-refractivity contribution in [3.63, 3.8) is 0 Å². The van der Waals surface area contributed by atoms with E-state index in [0.717, 1.165) is 11.8 Å². The molecular weight excluding hydrogens is 488 g/mol. The predicted octanol–water partition coefficient (Wildman–Crippen LogP) is 0.235. The predicted molar refractivity (Wildman–Crippen MR) is 128 cm³/mol. The van der Waals surface area contributed by atoms with E-state index in [1.807, 2.05) is 13.8 Å². The lowest BCUT2D eigenvalue weighted by molar-refractivity contribution is -0.347. The van der Waals surface area contributed by atoms with E-state index < -0.39 is 61.1 Å². The molecule has 3 aliphatic rings. The van der Waals surface area contributed by atoms with Crippen molar-refractivity contribution in [2.24, 2.45) is 11.8 Å². The molecule has 2 heterocycles. The number of carbonyl (C=O) groups is 2. The molecule has 1 saturated carbocycles. The largest absolute Gasteiger partial charge is 0.471 e. The molecule has 2 aliphatic heterocycles. The minimum atomic E-state index is -1.65. The summed E-state index contributed by atoms with van der Waals surface area (Å²) < 4.78 is 22.8. The van der Waals surface area contributed by atoms with Crippen LogP contribution in [-0.4, -0.2) is 93.6 Å². The lowest BCUT2D eigenvalue weighted by Gasteiger charge is -2.45. The molecule has 2 fully saturated rings. The number of fused-ring (bicyclic) bond motifs is 1. The Morgan fingerprint density at radius 2 is 1.92 bits per heavy atom. The van der Waals surface area contributed by atoms with Crippen LogP contribution >= 0.6 is 0 Å². The maximum absolute atomic E-state index is 12.8. The summed E-state index contributed by atoms with van der Waals surface area (Å²) in [5.41, 5.74) is -0.153. The van der Waals surface area contributed by atoms with Crippen molar-refractivity contribution in [1.82, 2.24) is 0 Å². The summed E-state index contributed by atoms with van der Waals surface area (Å²) in [6, 6.07) is 0. The molecule has 1 saturated heterocycles. The van der Waals surface area contributed by atoms with Crippen LogP contribution in [0.4, 0.5) is 0 Å². The molecule has 0 spiro atoms. The number of aliphatic hydroxyl groups is 5. The Bertz CT molecular complexity index is 912. The van der Waals surface area contributed by atoms with E-state index in [9.17, 15) is 30.0 Å². The monoisotopic (exact) mass is 526 g/mol. The summed E-state index contributed by atoms with van der Waals surface area (Å²) in [6.45, 7) is 4.59. The van der Waals surface area contributed by atoms with Crippen LogP contribution in [0, 0.1) is 11.8 Å². The van der Waals surface area contributed by atoms with Gasteiger partial charge in [0.2, 0.25) is 12.6 Å². The van der Waals surface area contributed by atoms with Gasteiger partial charge in [0, 0.05) is 5.57 Å². The third kappa shape index (κ3) is 6.31. The minimum absolute atomic E-state index is 0.0668. The second kappa shape index (κ2) is 12.6. The van der Waals surface area contributed by atoms with Gasteiger partial charge in [0.1, 0.15) is 23.9 Å². The average Bonchev–Trinajstić information content (AvgIpc) is 3.18. The molecule has 0 unspecified atom stereocenters. The average molecular weight is 527 g/mol. The number of allylic oxidation sites excluding steroid dienone is 2. The fourth-order valence-electron chi connectivity index (χ4n) is 5.17. The van der Waals surface area contributed by atoms with Crippen molar-refractivity contribution in [3.8, 4) is 0 Å². The van der Waals surface area contributed by atoms with Crippen LogP contribution in [0.3, 0.4) is 0 Å². The fraction of sp³-hybridized carbons (Fsp3) is 0.692. The molecule has 5 N–H and O–H groups in total. The second-order valence-electron chi connectivity index (χ2n) is 10.0. The molecule has 208 valence electrons. The van der Waals surface area contributed by atoms with Crippen molar-refractivity contribution in [3.05, 3.63) is 35.1 Å². The van der Waals surface area contributed by atoms with Crippen molar-refractivity contribution < 1.29 is 54.1 Å². The summed E-state index contributed by atoms with van der Waals surface area (Å²) in [6.07, 6.45) is -1.39. The first-order valence-corrected chi connectivity index (χ1v) is 12.5. The summed E-state index contributed by atoms with van der Waals surface area (Å²) in [5, 5.41) is 51.0. The SMILES string of the molecule is C/C(=C\CO)CC/C=C(\C)C(=O)O[C@H]1[C@H](O[C@@H]2OC=C(C=O)[C@@]3(O)CC[C@@H](C)[C@@H]23)O[C@H](CO)[C@@H](O)[C@@H]1O. The maximum Gasteiger partial charge on any atom is 0.333 e. The molecule has 0 radical (unpaired) electrons. The molecular formula is C26H38O11. The lowest BCUT2D eigenvalue weighted by atomic mass is 9.80. The Morgan fingerprint density at radius 3 is 2.57 bits per heavy atom. The van der Waals surface area contributed by atoms with Gasteiger partial charge in [-0.1, -0.05) is 24.6 Å². The Balaban J connectivity index is 1.78. The van der Waals surface area contributed by atoms with E-state index in [4.69, 9.17) is 24.1 Å². The lowest BCUT2D eigenvalue weighted by Crippen LogP contribution is -2.62. The van der Waals surface area contributed by atoms with Gasteiger partial charge in [-0.2, -0.15) is 0 Å². The third-order valence-electron chi connectivity index (χ3n) is 7.48. The Labute approximate surface area is 216 Å². The number of aliphatic hydroxyl groups excluding tert-OH is 4. The Hall–Kier alpha value is -2.12. The number of esters is 1. The zero-order valence-electron chi connectivity index (χ0n) is 21.4. The van der Waals surface area contributed by atoms with E-state index in [0.29, 0.717) is 32.0 Å². The van der Waals surface area contributed by atoms with E-state index >= 15 is 0 Å². The van der Waals surface area contributed by atoms with Crippen LogP contribution in [0.2, 0.25) is 0 Å². The molecule has 11 heteroatoms. The summed E-state index contributed by atoms with van der Waals surface area (Å²) in [7, 11) is 0. The first kappa shape index (κ1) is 29.4. The Kier molecular flexibility index (Phi) is 10.0. The molecule has 0 amide bonds. The number of hydrogen-bond donors (Lipinski definition) is 5. The topological polar surface area (TPSA) is 172 Å². The first-order chi connectivity index (χ1) is 17.6. The highest BCUT2D eigenvalue weighted by atomic mass is 16.8. The third-order valence-corrected chi connectivity index (χ3v) is 7.48. The molecule has 0 aromatic rings. The van der Waals surface area contributed by atoms with Gasteiger partial charge in [-0.15, -0.1) is 0 Å². The van der Waals surface area contributed by atoms with Gasteiger partial charge in [0.15, 0.2) is 12.4 Å². The number of carbonyl (C=O) groups excluding carboxylic acids is 2. The van der Waals surface area contributed by atoms with Crippen molar-refractivity contribution >= 4 is 12.3 Å². The second-order valence-corrected chi connectivity index (χ2v) is 10.0. The number of ether oxygens (including phenoxy) is 4. The smallest absolute Gasteiger partial charge is 0.333 e. The minimum Gasteiger partial charge on any atom is -0.471 e. The standard InChI is InChI=1S/C26H38O11/c1-14(8-10-27)5-4-6-16(3)23(32)36-22-21(31)20(30)18(12-29)35-25(22)37-24-19-15(2)7-9-26(19,33)17(11-28)13-34-24/h6,8,11,13,15,18-22,24-25,27,29-31,33H,4-5,7,9-10,12H2,1-3H3/b14-8+,16-6+/t15-,18-,19+,20-,21+,22-,24+,25+,26+/m1/s1. The van der Waals surface area contributed by atoms with Crippen LogP contribution in [0.25, 0.3) is 0 Å². The number of hydrogen-bond acceptors (Lipinski definition) is 11. The summed E-state index contributed by atoms with van der Waals surface area (Å²) in [5.74, 6) is -1.51. The Morgan fingerprint density at radius 1 is 1.19 bits per heavy atom. The summed E-state index contributed by atoms with van der Waals surface area (Å²) >= 11 is 0. The van der Waals surface area contributed by atoms with E-state index in [1.165, 1.54) is 0 Å². The van der Waals surface area contributed by atoms with Crippen LogP contribution in [0.1, 0.15) is 46.5 Å². The van der Waals surface area contributed by atoms with E-state index in [1.54, 1.807) is 19.1 Å². The fourth-order valence-corrected chi connectivity index (χ4v) is 5.17. The van der Waals surface area contributed by atoms with Gasteiger partial charge in [0.25, 0.3) is 0 Å². The first-order valence-electron chi connectivity index (χ1n) is 12.5. The van der Waals surface area contributed by atoms with E-state index in [-0.39, 0.29) is 23.7 Å². The molecule has 1 aliphatic carbocycles. The highest BCUT2D eigenvalue weighted by molar-refractivity contribution is 5.87. The number of rotatable bonds is 10. The van der Waals surface area contributed by atoms with Gasteiger partial charge in [-0.25, -0.2) is 4.79 Å². The summed E-state index contributed by atoms with van der Waals surface area (Å²) in [4.78, 5) is 24.3. The van der Waals surface area contributed by atoms with Gasteiger partial charge in [0.05, 0.1) is 31.0 Å². The highest BCUT2D eigenvalue weighted by Crippen LogP contribution is 2.49. The van der Waals surface area contributed by atoms with Gasteiger partial charge in [-0.05, 0) is 45.4 Å². The molecule has 0 aromatic heterocycles. The van der Waals surface area contributed by atoms with Gasteiger partial charge >= 0.3 is 5.97 Å². The number of aldehydes is 1. The molecule has 11 nitrogen and oxygen atoms in total. The quantitative estimate of drug-likeness (QED) is 0.114. The molecule has 3 rings (SSSR count).